The molecule has 0 saturated heterocycles. The first kappa shape index (κ1) is 21.8. The van der Waals surface area contributed by atoms with Crippen molar-refractivity contribution < 1.29 is 18.3 Å². The maximum absolute atomic E-state index is 14.0. The summed E-state index contributed by atoms with van der Waals surface area (Å²) in [5, 5.41) is 0.0868. The molecular weight excluding hydrogens is 435 g/mol. The number of carbonyl (C=O) groups is 1. The molecule has 172 valence electrons. The van der Waals surface area contributed by atoms with E-state index < -0.39 is 23.2 Å². The van der Waals surface area contributed by atoms with Crippen LogP contribution in [0.15, 0.2) is 76.1 Å². The van der Waals surface area contributed by atoms with Gasteiger partial charge in [0.15, 0.2) is 5.43 Å². The van der Waals surface area contributed by atoms with Gasteiger partial charge < -0.3 is 9.15 Å². The molecule has 1 aliphatic heterocycles. The number of pyridine rings is 1. The first-order valence-electron chi connectivity index (χ1n) is 11.2. The molecule has 4 aromatic rings. The van der Waals surface area contributed by atoms with Crippen LogP contribution in [0.4, 0.5) is 10.2 Å². The summed E-state index contributed by atoms with van der Waals surface area (Å²) in [5.74, 6) is 0.420. The molecule has 5 rings (SSSR count). The third-order valence-corrected chi connectivity index (χ3v) is 5.87. The molecule has 3 heterocycles. The van der Waals surface area contributed by atoms with Gasteiger partial charge in [0.1, 0.15) is 23.0 Å². The standard InChI is InChI=1S/C27H23FN2O4/c1-16(2)11-13-33-19-7-5-6-17(14-19)24-23-25(31)20-15-18(28)9-10-21(20)34-26(23)27(32)30(24)22-8-3-4-12-29-22/h3-10,12,14-16,24H,11,13H2,1-2H3. The largest absolute Gasteiger partial charge is 0.494 e. The van der Waals surface area contributed by atoms with Crippen LogP contribution in [0.2, 0.25) is 0 Å². The highest BCUT2D eigenvalue weighted by Gasteiger charge is 2.44. The van der Waals surface area contributed by atoms with Gasteiger partial charge in [0.05, 0.1) is 23.6 Å². The van der Waals surface area contributed by atoms with Crippen molar-refractivity contribution in [1.29, 1.82) is 0 Å². The number of benzene rings is 2. The maximum Gasteiger partial charge on any atom is 0.296 e. The number of hydrogen-bond acceptors (Lipinski definition) is 5. The van der Waals surface area contributed by atoms with Gasteiger partial charge in [-0.25, -0.2) is 9.37 Å². The van der Waals surface area contributed by atoms with E-state index in [9.17, 15) is 14.0 Å². The second-order valence-electron chi connectivity index (χ2n) is 8.68. The average Bonchev–Trinajstić information content (AvgIpc) is 3.13. The lowest BCUT2D eigenvalue weighted by molar-refractivity contribution is 0.0970. The van der Waals surface area contributed by atoms with Gasteiger partial charge in [-0.1, -0.05) is 32.0 Å². The third-order valence-electron chi connectivity index (χ3n) is 5.87. The number of carbonyl (C=O) groups excluding carboxylic acids is 1. The van der Waals surface area contributed by atoms with E-state index >= 15 is 0 Å². The molecule has 0 aliphatic carbocycles. The first-order chi connectivity index (χ1) is 16.4. The van der Waals surface area contributed by atoms with Crippen LogP contribution in [0.3, 0.4) is 0 Å². The number of anilines is 1. The molecule has 1 amide bonds. The predicted octanol–water partition coefficient (Wildman–Crippen LogP) is 5.50. The Labute approximate surface area is 195 Å². The number of halogens is 1. The SMILES string of the molecule is CC(C)CCOc1cccc(C2c3c(oc4ccc(F)cc4c3=O)C(=O)N2c2ccccn2)c1. The predicted molar refractivity (Wildman–Crippen MR) is 127 cm³/mol. The second kappa shape index (κ2) is 8.74. The lowest BCUT2D eigenvalue weighted by atomic mass is 9.98. The smallest absolute Gasteiger partial charge is 0.296 e. The Hall–Kier alpha value is -4.00. The monoisotopic (exact) mass is 458 g/mol. The second-order valence-corrected chi connectivity index (χ2v) is 8.68. The van der Waals surface area contributed by atoms with Crippen LogP contribution < -0.4 is 15.1 Å². The fourth-order valence-electron chi connectivity index (χ4n) is 4.18. The Balaban J connectivity index is 1.68. The molecule has 2 aromatic heterocycles. The zero-order chi connectivity index (χ0) is 23.8. The highest BCUT2D eigenvalue weighted by atomic mass is 19.1. The van der Waals surface area contributed by atoms with Gasteiger partial charge in [0.2, 0.25) is 5.76 Å². The summed E-state index contributed by atoms with van der Waals surface area (Å²) in [4.78, 5) is 32.9. The number of amides is 1. The minimum Gasteiger partial charge on any atom is -0.494 e. The molecule has 7 heteroatoms. The number of aromatic nitrogens is 1. The van der Waals surface area contributed by atoms with E-state index in [1.807, 2.05) is 24.3 Å². The highest BCUT2D eigenvalue weighted by Crippen LogP contribution is 2.41. The Morgan fingerprint density at radius 2 is 1.94 bits per heavy atom. The van der Waals surface area contributed by atoms with Crippen molar-refractivity contribution in [3.8, 4) is 5.75 Å². The van der Waals surface area contributed by atoms with Crippen LogP contribution in [0, 0.1) is 11.7 Å². The van der Waals surface area contributed by atoms with Crippen LogP contribution in [-0.4, -0.2) is 17.5 Å². The average molecular weight is 458 g/mol. The summed E-state index contributed by atoms with van der Waals surface area (Å²) in [7, 11) is 0. The molecule has 0 bridgehead atoms. The normalized spacial score (nSPS) is 15.2. The van der Waals surface area contributed by atoms with Crippen LogP contribution >= 0.6 is 0 Å². The molecule has 0 fully saturated rings. The minimum atomic E-state index is -0.796. The number of nitrogens with zero attached hydrogens (tertiary/aromatic N) is 2. The Morgan fingerprint density at radius 3 is 2.71 bits per heavy atom. The molecule has 6 nitrogen and oxygen atoms in total. The van der Waals surface area contributed by atoms with Crippen molar-refractivity contribution in [2.45, 2.75) is 26.3 Å². The zero-order valence-electron chi connectivity index (χ0n) is 18.8. The zero-order valence-corrected chi connectivity index (χ0v) is 18.8. The van der Waals surface area contributed by atoms with Crippen molar-refractivity contribution in [3.63, 3.8) is 0 Å². The number of rotatable bonds is 6. The fourth-order valence-corrected chi connectivity index (χ4v) is 4.18. The molecule has 0 spiro atoms. The van der Waals surface area contributed by atoms with Crippen LogP contribution in [0.1, 0.15) is 48.0 Å². The minimum absolute atomic E-state index is 0.0640. The van der Waals surface area contributed by atoms with Gasteiger partial charge in [-0.2, -0.15) is 0 Å². The van der Waals surface area contributed by atoms with E-state index in [2.05, 4.69) is 18.8 Å². The molecule has 2 aromatic carbocycles. The van der Waals surface area contributed by atoms with Crippen molar-refractivity contribution in [2.75, 3.05) is 11.5 Å². The Morgan fingerprint density at radius 1 is 1.09 bits per heavy atom. The van der Waals surface area contributed by atoms with Gasteiger partial charge in [0.25, 0.3) is 5.91 Å². The quantitative estimate of drug-likeness (QED) is 0.381. The molecule has 1 unspecified atom stereocenters. The van der Waals surface area contributed by atoms with Crippen LogP contribution in [0.5, 0.6) is 5.75 Å². The highest BCUT2D eigenvalue weighted by molar-refractivity contribution is 6.10. The summed E-state index contributed by atoms with van der Waals surface area (Å²) in [6.07, 6.45) is 2.48. The molecule has 1 aliphatic rings. The third kappa shape index (κ3) is 3.83. The van der Waals surface area contributed by atoms with Crippen molar-refractivity contribution >= 4 is 22.7 Å². The fraction of sp³-hybridized carbons (Fsp3) is 0.222. The van der Waals surface area contributed by atoms with E-state index in [4.69, 9.17) is 9.15 Å². The number of ether oxygens (including phenoxy) is 1. The molecule has 34 heavy (non-hydrogen) atoms. The summed E-state index contributed by atoms with van der Waals surface area (Å²) in [6, 6.07) is 15.4. The van der Waals surface area contributed by atoms with Crippen LogP contribution in [-0.2, 0) is 0 Å². The molecule has 0 saturated carbocycles. The Kier molecular flexibility index (Phi) is 5.61. The number of fused-ring (bicyclic) bond motifs is 2. The van der Waals surface area contributed by atoms with E-state index in [0.29, 0.717) is 29.7 Å². The lowest BCUT2D eigenvalue weighted by Crippen LogP contribution is -2.30. The van der Waals surface area contributed by atoms with Gasteiger partial charge in [0, 0.05) is 6.20 Å². The van der Waals surface area contributed by atoms with E-state index in [1.54, 1.807) is 24.4 Å². The maximum atomic E-state index is 14.0. The van der Waals surface area contributed by atoms with E-state index in [-0.39, 0.29) is 22.3 Å². The summed E-state index contributed by atoms with van der Waals surface area (Å²) in [6.45, 7) is 4.80. The molecule has 1 atom stereocenters. The molecular formula is C27H23FN2O4. The summed E-state index contributed by atoms with van der Waals surface area (Å²) < 4.78 is 25.7. The van der Waals surface area contributed by atoms with Crippen molar-refractivity contribution in [1.82, 2.24) is 4.98 Å². The first-order valence-corrected chi connectivity index (χ1v) is 11.2. The van der Waals surface area contributed by atoms with Gasteiger partial charge >= 0.3 is 0 Å². The van der Waals surface area contributed by atoms with Gasteiger partial charge in [-0.3, -0.25) is 14.5 Å². The summed E-state index contributed by atoms with van der Waals surface area (Å²) in [5.41, 5.74) is 0.542. The molecule has 0 N–H and O–H groups in total. The van der Waals surface area contributed by atoms with Gasteiger partial charge in [-0.15, -0.1) is 0 Å². The number of hydrogen-bond donors (Lipinski definition) is 0. The van der Waals surface area contributed by atoms with Crippen molar-refractivity contribution in [3.05, 3.63) is 99.8 Å². The Bertz CT molecular complexity index is 1430. The van der Waals surface area contributed by atoms with Gasteiger partial charge in [-0.05, 0) is 60.4 Å². The van der Waals surface area contributed by atoms with E-state index in [1.165, 1.54) is 17.0 Å². The molecule has 0 radical (unpaired) electrons. The van der Waals surface area contributed by atoms with Crippen LogP contribution in [0.25, 0.3) is 11.0 Å². The lowest BCUT2D eigenvalue weighted by Gasteiger charge is -2.24. The summed E-state index contributed by atoms with van der Waals surface area (Å²) >= 11 is 0. The topological polar surface area (TPSA) is 72.6 Å². The van der Waals surface area contributed by atoms with Crippen molar-refractivity contribution in [2.24, 2.45) is 5.92 Å². The van der Waals surface area contributed by atoms with E-state index in [0.717, 1.165) is 12.5 Å².